The lowest BCUT2D eigenvalue weighted by molar-refractivity contribution is -0.136. The molecule has 0 rings (SSSR count). The highest BCUT2D eigenvalue weighted by Crippen LogP contribution is 1.97. The number of aliphatic carboxylic acids is 1. The summed E-state index contributed by atoms with van der Waals surface area (Å²) >= 11 is 0. The predicted octanol–water partition coefficient (Wildman–Crippen LogP) is 0.228. The average Bonchev–Trinajstić information content (AvgIpc) is 1.63. The van der Waals surface area contributed by atoms with Crippen LogP contribution in [-0.2, 0) is 15.6 Å². The molecule has 0 amide bonds. The van der Waals surface area contributed by atoms with Crippen molar-refractivity contribution in [2.24, 2.45) is 0 Å². The van der Waals surface area contributed by atoms with Crippen molar-refractivity contribution in [2.45, 2.75) is 18.6 Å². The maximum absolute atomic E-state index is 10.5. The molecular weight excluding hydrogens is 140 g/mol. The van der Waals surface area contributed by atoms with Crippen molar-refractivity contribution >= 4 is 16.8 Å². The highest BCUT2D eigenvalue weighted by atomic mass is 32.2. The van der Waals surface area contributed by atoms with Gasteiger partial charge < -0.3 is 5.11 Å². The van der Waals surface area contributed by atoms with E-state index in [0.29, 0.717) is 0 Å². The molecular formula is C5H10O3S. The molecule has 0 aromatic carbocycles. The van der Waals surface area contributed by atoms with Gasteiger partial charge in [-0.3, -0.25) is 9.00 Å². The highest BCUT2D eigenvalue weighted by molar-refractivity contribution is 7.84. The van der Waals surface area contributed by atoms with Crippen LogP contribution in [-0.4, -0.2) is 26.8 Å². The summed E-state index contributed by atoms with van der Waals surface area (Å²) in [7, 11) is -1.01. The van der Waals surface area contributed by atoms with Gasteiger partial charge >= 0.3 is 5.97 Å². The minimum absolute atomic E-state index is 0.0108. The topological polar surface area (TPSA) is 54.4 Å². The fourth-order valence-electron chi connectivity index (χ4n) is 0.363. The second-order valence-electron chi connectivity index (χ2n) is 1.91. The van der Waals surface area contributed by atoms with Crippen LogP contribution in [0.15, 0.2) is 0 Å². The van der Waals surface area contributed by atoms with Crippen LogP contribution in [0.1, 0.15) is 13.3 Å². The van der Waals surface area contributed by atoms with Crippen LogP contribution in [0, 0.1) is 0 Å². The molecule has 0 aliphatic rings. The molecule has 1 N–H and O–H groups in total. The Labute approximate surface area is 56.5 Å². The monoisotopic (exact) mass is 150 g/mol. The molecule has 0 saturated carbocycles. The second-order valence-corrected chi connectivity index (χ2v) is 3.71. The lowest BCUT2D eigenvalue weighted by Gasteiger charge is -2.01. The third kappa shape index (κ3) is 4.14. The summed E-state index contributed by atoms with van der Waals surface area (Å²) in [6, 6.07) is 0. The fraction of sp³-hybridized carbons (Fsp3) is 0.800. The quantitative estimate of drug-likeness (QED) is 0.626. The predicted molar refractivity (Wildman–Crippen MR) is 35.8 cm³/mol. The largest absolute Gasteiger partial charge is 0.481 e. The first kappa shape index (κ1) is 8.62. The molecule has 4 heteroatoms. The smallest absolute Gasteiger partial charge is 0.304 e. The van der Waals surface area contributed by atoms with E-state index in [9.17, 15) is 9.00 Å². The summed E-state index contributed by atoms with van der Waals surface area (Å²) < 4.78 is 10.5. The third-order valence-corrected chi connectivity index (χ3v) is 2.33. The normalized spacial score (nSPS) is 16.7. The number of carbonyl (C=O) groups is 1. The van der Waals surface area contributed by atoms with E-state index in [1.54, 1.807) is 6.92 Å². The van der Waals surface area contributed by atoms with E-state index < -0.39 is 16.8 Å². The van der Waals surface area contributed by atoms with Crippen LogP contribution in [0.3, 0.4) is 0 Å². The second kappa shape index (κ2) is 3.61. The molecule has 9 heavy (non-hydrogen) atoms. The molecule has 54 valence electrons. The minimum Gasteiger partial charge on any atom is -0.481 e. The zero-order chi connectivity index (χ0) is 7.44. The molecule has 2 atom stereocenters. The van der Waals surface area contributed by atoms with Gasteiger partial charge in [0.25, 0.3) is 0 Å². The summed E-state index contributed by atoms with van der Waals surface area (Å²) in [5.74, 6) is -0.891. The van der Waals surface area contributed by atoms with Gasteiger partial charge in [-0.1, -0.05) is 6.92 Å². The molecule has 3 nitrogen and oxygen atoms in total. The molecule has 0 aliphatic carbocycles. The first-order valence-electron chi connectivity index (χ1n) is 2.58. The lowest BCUT2D eigenvalue weighted by Crippen LogP contribution is -2.14. The molecule has 0 radical (unpaired) electrons. The standard InChI is InChI=1S/C5H10O3S/c1-4(9(2)8)3-5(6)7/h4H,3H2,1-2H3,(H,6,7). The Morgan fingerprint density at radius 2 is 2.22 bits per heavy atom. The van der Waals surface area contributed by atoms with Crippen molar-refractivity contribution in [1.29, 1.82) is 0 Å². The summed E-state index contributed by atoms with van der Waals surface area (Å²) in [5.41, 5.74) is 0. The Balaban J connectivity index is 3.63. The van der Waals surface area contributed by atoms with Crippen molar-refractivity contribution in [2.75, 3.05) is 6.26 Å². The zero-order valence-electron chi connectivity index (χ0n) is 5.46. The molecule has 0 spiro atoms. The van der Waals surface area contributed by atoms with Crippen molar-refractivity contribution in [1.82, 2.24) is 0 Å². The van der Waals surface area contributed by atoms with E-state index in [1.807, 2.05) is 0 Å². The maximum atomic E-state index is 10.5. The Kier molecular flexibility index (Phi) is 3.46. The van der Waals surface area contributed by atoms with Gasteiger partial charge in [-0.25, -0.2) is 0 Å². The van der Waals surface area contributed by atoms with E-state index in [0.717, 1.165) is 0 Å². The van der Waals surface area contributed by atoms with E-state index in [2.05, 4.69) is 0 Å². The van der Waals surface area contributed by atoms with Crippen LogP contribution in [0.25, 0.3) is 0 Å². The Morgan fingerprint density at radius 3 is 2.33 bits per heavy atom. The van der Waals surface area contributed by atoms with E-state index in [4.69, 9.17) is 5.11 Å². The van der Waals surface area contributed by atoms with Crippen LogP contribution < -0.4 is 0 Å². The van der Waals surface area contributed by atoms with Gasteiger partial charge in [-0.05, 0) is 0 Å². The number of rotatable bonds is 3. The van der Waals surface area contributed by atoms with Crippen LogP contribution in [0.4, 0.5) is 0 Å². The number of carboxylic acids is 1. The summed E-state index contributed by atoms with van der Waals surface area (Å²) in [5, 5.41) is 7.96. The summed E-state index contributed by atoms with van der Waals surface area (Å²) in [4.78, 5) is 9.98. The Bertz CT molecular complexity index is 132. The fourth-order valence-corrected chi connectivity index (χ4v) is 0.741. The summed E-state index contributed by atoms with van der Waals surface area (Å²) in [6.07, 6.45) is 1.50. The molecule has 0 aromatic heterocycles. The van der Waals surface area contributed by atoms with Crippen molar-refractivity contribution in [3.63, 3.8) is 0 Å². The van der Waals surface area contributed by atoms with Gasteiger partial charge in [0.1, 0.15) is 0 Å². The average molecular weight is 150 g/mol. The Morgan fingerprint density at radius 1 is 1.78 bits per heavy atom. The van der Waals surface area contributed by atoms with E-state index >= 15 is 0 Å². The zero-order valence-corrected chi connectivity index (χ0v) is 6.27. The molecule has 0 fully saturated rings. The lowest BCUT2D eigenvalue weighted by atomic mass is 10.3. The number of carboxylic acid groups (broad SMARTS) is 1. The molecule has 0 saturated heterocycles. The van der Waals surface area contributed by atoms with Gasteiger partial charge in [0.2, 0.25) is 0 Å². The molecule has 0 heterocycles. The first-order valence-corrected chi connectivity index (χ1v) is 4.20. The van der Waals surface area contributed by atoms with E-state index in [1.165, 1.54) is 6.26 Å². The van der Waals surface area contributed by atoms with Crippen LogP contribution in [0.5, 0.6) is 0 Å². The highest BCUT2D eigenvalue weighted by Gasteiger charge is 2.09. The number of hydrogen-bond acceptors (Lipinski definition) is 2. The minimum atomic E-state index is -1.01. The van der Waals surface area contributed by atoms with Crippen LogP contribution >= 0.6 is 0 Å². The third-order valence-electron chi connectivity index (χ3n) is 1.03. The SMILES string of the molecule is CC(CC(=O)O)S(C)=O. The molecule has 0 bridgehead atoms. The Hall–Kier alpha value is -0.380. The van der Waals surface area contributed by atoms with Gasteiger partial charge in [0.05, 0.1) is 6.42 Å². The van der Waals surface area contributed by atoms with Gasteiger partial charge in [0.15, 0.2) is 0 Å². The number of hydrogen-bond donors (Lipinski definition) is 1. The molecule has 0 aromatic rings. The van der Waals surface area contributed by atoms with Gasteiger partial charge in [-0.2, -0.15) is 0 Å². The van der Waals surface area contributed by atoms with Crippen molar-refractivity contribution in [3.8, 4) is 0 Å². The summed E-state index contributed by atoms with van der Waals surface area (Å²) in [6.45, 7) is 1.66. The molecule has 2 unspecified atom stereocenters. The van der Waals surface area contributed by atoms with E-state index in [-0.39, 0.29) is 11.7 Å². The van der Waals surface area contributed by atoms with Crippen molar-refractivity contribution < 1.29 is 14.1 Å². The van der Waals surface area contributed by atoms with Crippen molar-refractivity contribution in [3.05, 3.63) is 0 Å². The van der Waals surface area contributed by atoms with Gasteiger partial charge in [-0.15, -0.1) is 0 Å². The van der Waals surface area contributed by atoms with Gasteiger partial charge in [0, 0.05) is 22.3 Å². The maximum Gasteiger partial charge on any atom is 0.304 e. The molecule has 0 aliphatic heterocycles. The first-order chi connectivity index (χ1) is 4.04. The van der Waals surface area contributed by atoms with Crippen LogP contribution in [0.2, 0.25) is 0 Å².